The van der Waals surface area contributed by atoms with Crippen molar-refractivity contribution in [1.29, 1.82) is 0 Å². The molecule has 2 rings (SSSR count). The number of nitrogens with zero attached hydrogens (tertiary/aromatic N) is 2. The van der Waals surface area contributed by atoms with E-state index in [9.17, 15) is 9.59 Å². The second-order valence-electron chi connectivity index (χ2n) is 4.23. The molecule has 7 nitrogen and oxygen atoms in total. The normalized spacial score (nSPS) is 18.5. The van der Waals surface area contributed by atoms with Crippen LogP contribution in [0.15, 0.2) is 26.8 Å². The zero-order chi connectivity index (χ0) is 13.8. The van der Waals surface area contributed by atoms with Crippen molar-refractivity contribution in [3.8, 4) is 0 Å². The van der Waals surface area contributed by atoms with Gasteiger partial charge in [-0.05, 0) is 26.0 Å². The number of hydrazone groups is 2. The fourth-order valence-corrected chi connectivity index (χ4v) is 1.65. The van der Waals surface area contributed by atoms with Crippen LogP contribution < -0.4 is 10.9 Å². The topological polar surface area (TPSA) is 96.1 Å². The number of nitrogens with one attached hydrogen (secondary N) is 2. The lowest BCUT2D eigenvalue weighted by Gasteiger charge is -2.05. The van der Waals surface area contributed by atoms with Crippen molar-refractivity contribution < 1.29 is 14.0 Å². The van der Waals surface area contributed by atoms with Gasteiger partial charge >= 0.3 is 0 Å². The Bertz CT molecular complexity index is 559. The summed E-state index contributed by atoms with van der Waals surface area (Å²) < 4.78 is 5.25. The van der Waals surface area contributed by atoms with E-state index in [0.717, 1.165) is 5.76 Å². The quantitative estimate of drug-likeness (QED) is 0.612. The third kappa shape index (κ3) is 3.27. The molecule has 0 saturated heterocycles. The van der Waals surface area contributed by atoms with Gasteiger partial charge in [0.1, 0.15) is 11.5 Å². The van der Waals surface area contributed by atoms with Gasteiger partial charge in [-0.25, -0.2) is 10.9 Å². The Balaban J connectivity index is 1.83. The second-order valence-corrected chi connectivity index (χ2v) is 4.23. The van der Waals surface area contributed by atoms with Gasteiger partial charge in [0, 0.05) is 12.1 Å². The van der Waals surface area contributed by atoms with Gasteiger partial charge in [-0.2, -0.15) is 10.2 Å². The second kappa shape index (κ2) is 5.47. The molecule has 0 bridgehead atoms. The van der Waals surface area contributed by atoms with E-state index in [0.29, 0.717) is 11.5 Å². The van der Waals surface area contributed by atoms with Crippen molar-refractivity contribution in [3.63, 3.8) is 0 Å². The molecule has 0 saturated carbocycles. The van der Waals surface area contributed by atoms with Crippen LogP contribution in [0.2, 0.25) is 0 Å². The molecule has 0 spiro atoms. The van der Waals surface area contributed by atoms with Crippen molar-refractivity contribution >= 4 is 23.7 Å². The van der Waals surface area contributed by atoms with Gasteiger partial charge in [-0.15, -0.1) is 0 Å². The summed E-state index contributed by atoms with van der Waals surface area (Å²) in [5.41, 5.74) is 5.27. The Hall–Kier alpha value is -2.44. The molecule has 0 unspecified atom stereocenters. The first-order valence-electron chi connectivity index (χ1n) is 5.78. The van der Waals surface area contributed by atoms with Crippen LogP contribution in [-0.2, 0) is 9.59 Å². The number of furan rings is 1. The fourth-order valence-electron chi connectivity index (χ4n) is 1.65. The highest BCUT2D eigenvalue weighted by Gasteiger charge is 2.28. The monoisotopic (exact) mass is 262 g/mol. The van der Waals surface area contributed by atoms with Crippen LogP contribution >= 0.6 is 0 Å². The Morgan fingerprint density at radius 1 is 1.58 bits per heavy atom. The molecule has 0 radical (unpaired) electrons. The van der Waals surface area contributed by atoms with Crippen molar-refractivity contribution in [2.45, 2.75) is 20.3 Å². The number of aryl methyl sites for hydroxylation is 1. The summed E-state index contributed by atoms with van der Waals surface area (Å²) in [6.07, 6.45) is 1.43. The average Bonchev–Trinajstić information content (AvgIpc) is 2.90. The Morgan fingerprint density at radius 2 is 2.37 bits per heavy atom. The third-order valence-electron chi connectivity index (χ3n) is 2.69. The maximum absolute atomic E-state index is 11.6. The zero-order valence-electron chi connectivity index (χ0n) is 10.6. The van der Waals surface area contributed by atoms with E-state index < -0.39 is 5.92 Å². The highest BCUT2D eigenvalue weighted by atomic mass is 16.3. The fraction of sp³-hybridized carbons (Fsp3) is 0.333. The van der Waals surface area contributed by atoms with Gasteiger partial charge in [-0.1, -0.05) is 0 Å². The van der Waals surface area contributed by atoms with Gasteiger partial charge < -0.3 is 4.42 Å². The van der Waals surface area contributed by atoms with Crippen LogP contribution in [-0.4, -0.2) is 23.7 Å². The van der Waals surface area contributed by atoms with Crippen molar-refractivity contribution in [3.05, 3.63) is 23.7 Å². The largest absolute Gasteiger partial charge is 0.460 e. The summed E-state index contributed by atoms with van der Waals surface area (Å²) in [7, 11) is 0. The molecular formula is C12H14N4O3. The highest BCUT2D eigenvalue weighted by molar-refractivity contribution is 6.09. The highest BCUT2D eigenvalue weighted by Crippen LogP contribution is 2.11. The van der Waals surface area contributed by atoms with E-state index in [-0.39, 0.29) is 18.2 Å². The molecule has 0 aliphatic carbocycles. The third-order valence-corrected chi connectivity index (χ3v) is 2.69. The van der Waals surface area contributed by atoms with Crippen LogP contribution in [0.4, 0.5) is 0 Å². The first-order valence-corrected chi connectivity index (χ1v) is 5.78. The molecule has 1 aliphatic heterocycles. The number of hydrogen-bond acceptors (Lipinski definition) is 5. The number of hydrogen-bond donors (Lipinski definition) is 2. The van der Waals surface area contributed by atoms with E-state index in [1.807, 2.05) is 6.92 Å². The molecule has 0 fully saturated rings. The minimum Gasteiger partial charge on any atom is -0.460 e. The Morgan fingerprint density at radius 3 is 2.95 bits per heavy atom. The lowest BCUT2D eigenvalue weighted by molar-refractivity contribution is -0.127. The van der Waals surface area contributed by atoms with E-state index in [1.165, 1.54) is 6.21 Å². The molecule has 0 aromatic carbocycles. The summed E-state index contributed by atoms with van der Waals surface area (Å²) in [6.45, 7) is 3.52. The number of amides is 2. The molecule has 1 aromatic heterocycles. The Kier molecular flexibility index (Phi) is 3.74. The number of carbonyl (C=O) groups is 2. The molecular weight excluding hydrogens is 248 g/mol. The van der Waals surface area contributed by atoms with Gasteiger partial charge in [-0.3, -0.25) is 9.59 Å². The van der Waals surface area contributed by atoms with Gasteiger partial charge in [0.05, 0.1) is 12.1 Å². The number of rotatable bonds is 4. The predicted molar refractivity (Wildman–Crippen MR) is 68.5 cm³/mol. The molecule has 19 heavy (non-hydrogen) atoms. The number of carbonyl (C=O) groups excluding carboxylic acids is 2. The van der Waals surface area contributed by atoms with Crippen molar-refractivity contribution in [2.75, 3.05) is 0 Å². The van der Waals surface area contributed by atoms with Crippen LogP contribution in [0, 0.1) is 12.8 Å². The van der Waals surface area contributed by atoms with Crippen LogP contribution in [0.3, 0.4) is 0 Å². The molecule has 2 N–H and O–H groups in total. The molecule has 1 atom stereocenters. The average molecular weight is 262 g/mol. The summed E-state index contributed by atoms with van der Waals surface area (Å²) in [6, 6.07) is 3.54. The SMILES string of the molecule is CC1=NNC(=O)[C@@H]1CC(=O)N/N=C\c1ccc(C)o1. The molecule has 2 amide bonds. The van der Waals surface area contributed by atoms with Gasteiger partial charge in [0.2, 0.25) is 11.8 Å². The zero-order valence-corrected chi connectivity index (χ0v) is 10.6. The predicted octanol–water partition coefficient (Wildman–Crippen LogP) is 0.550. The smallest absolute Gasteiger partial charge is 0.249 e. The molecule has 1 aliphatic rings. The van der Waals surface area contributed by atoms with Crippen LogP contribution in [0.1, 0.15) is 24.9 Å². The standard InChI is InChI=1S/C12H14N4O3/c1-7-3-4-9(19-7)6-13-15-11(17)5-10-8(2)14-16-12(10)18/h3-4,6,10H,5H2,1-2H3,(H,15,17)(H,16,18)/b13-6-/t10-/m1/s1. The maximum Gasteiger partial charge on any atom is 0.249 e. The van der Waals surface area contributed by atoms with E-state index >= 15 is 0 Å². The lowest BCUT2D eigenvalue weighted by atomic mass is 10.0. The summed E-state index contributed by atoms with van der Waals surface area (Å²) in [5, 5.41) is 7.52. The van der Waals surface area contributed by atoms with Crippen molar-refractivity contribution in [1.82, 2.24) is 10.9 Å². The van der Waals surface area contributed by atoms with Gasteiger partial charge in [0.15, 0.2) is 0 Å². The minimum atomic E-state index is -0.513. The summed E-state index contributed by atoms with van der Waals surface area (Å²) in [4.78, 5) is 23.0. The summed E-state index contributed by atoms with van der Waals surface area (Å²) >= 11 is 0. The van der Waals surface area contributed by atoms with E-state index in [2.05, 4.69) is 21.1 Å². The van der Waals surface area contributed by atoms with Crippen molar-refractivity contribution in [2.24, 2.45) is 16.1 Å². The summed E-state index contributed by atoms with van der Waals surface area (Å²) in [5.74, 6) is 0.187. The molecule has 2 heterocycles. The first-order chi connectivity index (χ1) is 9.06. The molecule has 7 heteroatoms. The van der Waals surface area contributed by atoms with Crippen LogP contribution in [0.5, 0.6) is 0 Å². The molecule has 1 aromatic rings. The lowest BCUT2D eigenvalue weighted by Crippen LogP contribution is -2.29. The molecule has 100 valence electrons. The van der Waals surface area contributed by atoms with Crippen LogP contribution in [0.25, 0.3) is 0 Å². The maximum atomic E-state index is 11.6. The van der Waals surface area contributed by atoms with E-state index in [4.69, 9.17) is 4.42 Å². The van der Waals surface area contributed by atoms with Gasteiger partial charge in [0.25, 0.3) is 0 Å². The Labute approximate surface area is 109 Å². The van der Waals surface area contributed by atoms with E-state index in [1.54, 1.807) is 19.1 Å². The first kappa shape index (κ1) is 13.0. The minimum absolute atomic E-state index is 0.0235.